The number of hydrogen-bond donors (Lipinski definition) is 1. The summed E-state index contributed by atoms with van der Waals surface area (Å²) in [5.41, 5.74) is 0. The average molecular weight is 230 g/mol. The Balaban J connectivity index is 4.09. The van der Waals surface area contributed by atoms with Crippen molar-refractivity contribution >= 4 is 5.91 Å². The van der Waals surface area contributed by atoms with Crippen molar-refractivity contribution in [1.82, 2.24) is 10.2 Å². The molecule has 0 radical (unpaired) electrons. The number of nitrogens with zero attached hydrogens (tertiary/aromatic N) is 1. The molecule has 1 amide bonds. The van der Waals surface area contributed by atoms with Gasteiger partial charge in [-0.15, -0.1) is 0 Å². The Morgan fingerprint density at radius 3 is 2.69 bits per heavy atom. The van der Waals surface area contributed by atoms with Gasteiger partial charge in [0.25, 0.3) is 0 Å². The fraction of sp³-hybridized carbons (Fsp3) is 0.917. The lowest BCUT2D eigenvalue weighted by molar-refractivity contribution is -0.134. The summed E-state index contributed by atoms with van der Waals surface area (Å²) in [5.74, 6) is 0.238. The summed E-state index contributed by atoms with van der Waals surface area (Å²) in [6, 6.07) is 0.303. The monoisotopic (exact) mass is 230 g/mol. The van der Waals surface area contributed by atoms with Gasteiger partial charge in [-0.05, 0) is 33.4 Å². The number of methoxy groups -OCH3 is 1. The topological polar surface area (TPSA) is 41.6 Å². The molecule has 0 saturated carbocycles. The summed E-state index contributed by atoms with van der Waals surface area (Å²) >= 11 is 0. The molecule has 1 unspecified atom stereocenters. The molecule has 0 aliphatic heterocycles. The Morgan fingerprint density at radius 1 is 1.50 bits per heavy atom. The second-order valence-electron chi connectivity index (χ2n) is 4.04. The molecular formula is C12H26N2O2. The Bertz CT molecular complexity index is 186. The highest BCUT2D eigenvalue weighted by Gasteiger charge is 2.17. The zero-order valence-electron chi connectivity index (χ0n) is 11.1. The van der Waals surface area contributed by atoms with Crippen molar-refractivity contribution in [3.63, 3.8) is 0 Å². The highest BCUT2D eigenvalue weighted by Crippen LogP contribution is 2.07. The lowest BCUT2D eigenvalue weighted by Gasteiger charge is -2.28. The summed E-state index contributed by atoms with van der Waals surface area (Å²) in [5, 5.41) is 3.05. The summed E-state index contributed by atoms with van der Waals surface area (Å²) in [6.45, 7) is 6.40. The number of ether oxygens (including phenoxy) is 1. The summed E-state index contributed by atoms with van der Waals surface area (Å²) in [6.07, 6.45) is 2.51. The van der Waals surface area contributed by atoms with Gasteiger partial charge in [0.2, 0.25) is 5.91 Å². The number of hydrogen-bond acceptors (Lipinski definition) is 3. The van der Waals surface area contributed by atoms with E-state index in [0.717, 1.165) is 19.4 Å². The lowest BCUT2D eigenvalue weighted by atomic mass is 10.2. The highest BCUT2D eigenvalue weighted by molar-refractivity contribution is 5.76. The second kappa shape index (κ2) is 9.60. The van der Waals surface area contributed by atoms with Gasteiger partial charge in [0.15, 0.2) is 0 Å². The third-order valence-corrected chi connectivity index (χ3v) is 2.80. The van der Waals surface area contributed by atoms with Crippen LogP contribution in [0.2, 0.25) is 0 Å². The van der Waals surface area contributed by atoms with Gasteiger partial charge in [-0.3, -0.25) is 4.79 Å². The van der Waals surface area contributed by atoms with Crippen molar-refractivity contribution < 1.29 is 9.53 Å². The molecule has 0 aliphatic rings. The highest BCUT2D eigenvalue weighted by atomic mass is 16.5. The van der Waals surface area contributed by atoms with E-state index in [1.165, 1.54) is 0 Å². The van der Waals surface area contributed by atoms with Crippen LogP contribution in [-0.4, -0.2) is 50.7 Å². The standard InChI is InChI=1S/C12H26N2O2/c1-5-11(2)14(9-10-16-4)12(15)7-6-8-13-3/h11,13H,5-10H2,1-4H3. The van der Waals surface area contributed by atoms with Crippen molar-refractivity contribution in [3.8, 4) is 0 Å². The minimum Gasteiger partial charge on any atom is -0.383 e. The maximum Gasteiger partial charge on any atom is 0.222 e. The van der Waals surface area contributed by atoms with Gasteiger partial charge in [0, 0.05) is 26.1 Å². The maximum atomic E-state index is 12.0. The first-order valence-corrected chi connectivity index (χ1v) is 6.10. The van der Waals surface area contributed by atoms with Gasteiger partial charge in [-0.1, -0.05) is 6.92 Å². The minimum atomic E-state index is 0.238. The predicted octanol–water partition coefficient (Wildman–Crippen LogP) is 1.26. The molecule has 0 aromatic heterocycles. The fourth-order valence-electron chi connectivity index (χ4n) is 1.56. The molecule has 96 valence electrons. The summed E-state index contributed by atoms with van der Waals surface area (Å²) in [7, 11) is 3.57. The maximum absolute atomic E-state index is 12.0. The Labute approximate surface area is 99.3 Å². The first-order chi connectivity index (χ1) is 7.67. The third kappa shape index (κ3) is 6.08. The van der Waals surface area contributed by atoms with Gasteiger partial charge in [-0.25, -0.2) is 0 Å². The van der Waals surface area contributed by atoms with E-state index in [1.807, 2.05) is 11.9 Å². The number of rotatable bonds is 9. The van der Waals surface area contributed by atoms with E-state index in [1.54, 1.807) is 7.11 Å². The van der Waals surface area contributed by atoms with Crippen molar-refractivity contribution in [3.05, 3.63) is 0 Å². The lowest BCUT2D eigenvalue weighted by Crippen LogP contribution is -2.40. The molecule has 0 rings (SSSR count). The molecule has 0 saturated heterocycles. The van der Waals surface area contributed by atoms with Crippen LogP contribution in [0.25, 0.3) is 0 Å². The van der Waals surface area contributed by atoms with E-state index in [4.69, 9.17) is 4.74 Å². The van der Waals surface area contributed by atoms with Crippen LogP contribution in [0.4, 0.5) is 0 Å². The molecule has 1 atom stereocenters. The van der Waals surface area contributed by atoms with Gasteiger partial charge < -0.3 is 15.0 Å². The molecule has 0 aromatic rings. The van der Waals surface area contributed by atoms with Crippen LogP contribution < -0.4 is 5.32 Å². The van der Waals surface area contributed by atoms with Crippen LogP contribution >= 0.6 is 0 Å². The van der Waals surface area contributed by atoms with Gasteiger partial charge in [0.1, 0.15) is 0 Å². The first kappa shape index (κ1) is 15.4. The van der Waals surface area contributed by atoms with Crippen LogP contribution in [0.3, 0.4) is 0 Å². The van der Waals surface area contributed by atoms with Crippen molar-refractivity contribution in [2.24, 2.45) is 0 Å². The van der Waals surface area contributed by atoms with Crippen LogP contribution in [0.15, 0.2) is 0 Å². The van der Waals surface area contributed by atoms with E-state index in [9.17, 15) is 4.79 Å². The molecule has 0 fully saturated rings. The molecule has 1 N–H and O–H groups in total. The van der Waals surface area contributed by atoms with Gasteiger partial charge in [0.05, 0.1) is 6.61 Å². The second-order valence-corrected chi connectivity index (χ2v) is 4.04. The van der Waals surface area contributed by atoms with Crippen LogP contribution in [0.5, 0.6) is 0 Å². The molecule has 0 spiro atoms. The van der Waals surface area contributed by atoms with Gasteiger partial charge >= 0.3 is 0 Å². The van der Waals surface area contributed by atoms with E-state index in [0.29, 0.717) is 25.6 Å². The number of carbonyl (C=O) groups is 1. The van der Waals surface area contributed by atoms with Crippen molar-refractivity contribution in [2.75, 3.05) is 33.9 Å². The molecular weight excluding hydrogens is 204 g/mol. The molecule has 0 heterocycles. The number of amides is 1. The zero-order chi connectivity index (χ0) is 12.4. The van der Waals surface area contributed by atoms with Crippen LogP contribution in [0, 0.1) is 0 Å². The smallest absolute Gasteiger partial charge is 0.222 e. The average Bonchev–Trinajstić information content (AvgIpc) is 2.29. The minimum absolute atomic E-state index is 0.238. The Kier molecular flexibility index (Phi) is 9.24. The fourth-order valence-corrected chi connectivity index (χ4v) is 1.56. The molecule has 0 aliphatic carbocycles. The molecule has 4 heteroatoms. The van der Waals surface area contributed by atoms with Crippen LogP contribution in [-0.2, 0) is 9.53 Å². The predicted molar refractivity (Wildman–Crippen MR) is 66.5 cm³/mol. The van der Waals surface area contributed by atoms with E-state index >= 15 is 0 Å². The number of carbonyl (C=O) groups excluding carboxylic acids is 1. The zero-order valence-corrected chi connectivity index (χ0v) is 11.1. The van der Waals surface area contributed by atoms with Crippen molar-refractivity contribution in [2.45, 2.75) is 39.2 Å². The Morgan fingerprint density at radius 2 is 2.19 bits per heavy atom. The normalized spacial score (nSPS) is 12.5. The first-order valence-electron chi connectivity index (χ1n) is 6.10. The van der Waals surface area contributed by atoms with Crippen LogP contribution in [0.1, 0.15) is 33.1 Å². The van der Waals surface area contributed by atoms with E-state index in [2.05, 4.69) is 19.2 Å². The summed E-state index contributed by atoms with van der Waals surface area (Å²) in [4.78, 5) is 13.9. The molecule has 0 aromatic carbocycles. The quantitative estimate of drug-likeness (QED) is 0.606. The van der Waals surface area contributed by atoms with E-state index < -0.39 is 0 Å². The summed E-state index contributed by atoms with van der Waals surface area (Å²) < 4.78 is 5.04. The van der Waals surface area contributed by atoms with Crippen molar-refractivity contribution in [1.29, 1.82) is 0 Å². The number of nitrogens with one attached hydrogen (secondary N) is 1. The molecule has 0 bridgehead atoms. The Hall–Kier alpha value is -0.610. The molecule has 16 heavy (non-hydrogen) atoms. The SMILES string of the molecule is CCC(C)N(CCOC)C(=O)CCCNC. The third-order valence-electron chi connectivity index (χ3n) is 2.80. The van der Waals surface area contributed by atoms with Gasteiger partial charge in [-0.2, -0.15) is 0 Å². The largest absolute Gasteiger partial charge is 0.383 e. The molecule has 4 nitrogen and oxygen atoms in total. The van der Waals surface area contributed by atoms with E-state index in [-0.39, 0.29) is 5.91 Å².